The molecule has 0 saturated heterocycles. The first-order chi connectivity index (χ1) is 14.0. The Morgan fingerprint density at radius 1 is 1.17 bits per heavy atom. The number of aromatic nitrogens is 1. The molecule has 1 fully saturated rings. The zero-order valence-corrected chi connectivity index (χ0v) is 16.4. The van der Waals surface area contributed by atoms with Gasteiger partial charge in [-0.1, -0.05) is 31.2 Å². The van der Waals surface area contributed by atoms with Crippen molar-refractivity contribution in [1.82, 2.24) is 9.88 Å². The van der Waals surface area contributed by atoms with E-state index in [1.54, 1.807) is 18.2 Å². The number of hydrogen-bond donors (Lipinski definition) is 1. The van der Waals surface area contributed by atoms with E-state index in [1.165, 1.54) is 13.2 Å². The van der Waals surface area contributed by atoms with Crippen LogP contribution in [0, 0.1) is 11.7 Å². The van der Waals surface area contributed by atoms with Crippen molar-refractivity contribution >= 4 is 22.5 Å². The highest BCUT2D eigenvalue weighted by atomic mass is 19.1. The molecule has 0 spiro atoms. The maximum Gasteiger partial charge on any atom is 0.258 e. The van der Waals surface area contributed by atoms with E-state index < -0.39 is 0 Å². The van der Waals surface area contributed by atoms with Crippen molar-refractivity contribution in [3.05, 3.63) is 53.5 Å². The number of para-hydroxylation sites is 1. The lowest BCUT2D eigenvalue weighted by atomic mass is 9.81. The minimum absolute atomic E-state index is 0.0438. The molecule has 1 aromatic heterocycles. The Balaban J connectivity index is 1.69. The zero-order chi connectivity index (χ0) is 20.3. The third-order valence-electron chi connectivity index (χ3n) is 6.18. The normalized spacial score (nSPS) is 20.7. The van der Waals surface area contributed by atoms with Gasteiger partial charge < -0.3 is 15.4 Å². The lowest BCUT2D eigenvalue weighted by Crippen LogP contribution is -2.44. The summed E-state index contributed by atoms with van der Waals surface area (Å²) in [6.07, 6.45) is 2.02. The molecule has 148 valence electrons. The molecule has 2 aromatic carbocycles. The summed E-state index contributed by atoms with van der Waals surface area (Å²) in [7, 11) is 1.51. The highest BCUT2D eigenvalue weighted by Gasteiger charge is 2.40. The topological polar surface area (TPSA) is 68.5 Å². The van der Waals surface area contributed by atoms with E-state index >= 15 is 0 Å². The molecule has 5 rings (SSSR count). The van der Waals surface area contributed by atoms with Gasteiger partial charge in [-0.05, 0) is 30.9 Å². The number of pyridine rings is 1. The number of nitrogens with zero attached hydrogens (tertiary/aromatic N) is 2. The van der Waals surface area contributed by atoms with E-state index in [2.05, 4.69) is 6.92 Å². The number of methoxy groups -OCH3 is 1. The molecule has 5 nitrogen and oxygen atoms in total. The van der Waals surface area contributed by atoms with E-state index in [1.807, 2.05) is 17.0 Å². The minimum Gasteiger partial charge on any atom is -0.496 e. The number of nitrogens with two attached hydrogens (primary N) is 1. The van der Waals surface area contributed by atoms with E-state index in [0.717, 1.165) is 12.8 Å². The van der Waals surface area contributed by atoms with Crippen LogP contribution in [0.3, 0.4) is 0 Å². The number of fused-ring (bicyclic) bond motifs is 2. The lowest BCUT2D eigenvalue weighted by Gasteiger charge is -2.39. The Morgan fingerprint density at radius 2 is 1.93 bits per heavy atom. The number of nitrogen functional groups attached to an aromatic ring is 1. The second-order valence-electron chi connectivity index (χ2n) is 8.03. The number of carbonyl (C=O) groups excluding carboxylic acids is 1. The van der Waals surface area contributed by atoms with Crippen molar-refractivity contribution in [2.24, 2.45) is 5.92 Å². The smallest absolute Gasteiger partial charge is 0.258 e. The van der Waals surface area contributed by atoms with Crippen LogP contribution in [0.15, 0.2) is 36.4 Å². The molecule has 2 aliphatic rings. The van der Waals surface area contributed by atoms with Crippen molar-refractivity contribution in [2.75, 3.05) is 12.8 Å². The van der Waals surface area contributed by atoms with Crippen LogP contribution in [0.5, 0.6) is 5.75 Å². The monoisotopic (exact) mass is 391 g/mol. The average molecular weight is 391 g/mol. The number of rotatable bonds is 3. The van der Waals surface area contributed by atoms with Crippen LogP contribution in [0.2, 0.25) is 0 Å². The van der Waals surface area contributed by atoms with Crippen LogP contribution in [-0.2, 0) is 6.54 Å². The van der Waals surface area contributed by atoms with Gasteiger partial charge in [0, 0.05) is 17.0 Å². The highest BCUT2D eigenvalue weighted by molar-refractivity contribution is 6.11. The van der Waals surface area contributed by atoms with Crippen LogP contribution >= 0.6 is 0 Å². The molecule has 2 N–H and O–H groups in total. The van der Waals surface area contributed by atoms with Gasteiger partial charge >= 0.3 is 0 Å². The fraction of sp³-hybridized carbons (Fsp3) is 0.304. The molecule has 0 unspecified atom stereocenters. The summed E-state index contributed by atoms with van der Waals surface area (Å²) in [6.45, 7) is 2.65. The summed E-state index contributed by atoms with van der Waals surface area (Å²) in [5, 5.41) is 0.656. The molecule has 29 heavy (non-hydrogen) atoms. The first-order valence-electron chi connectivity index (χ1n) is 9.84. The van der Waals surface area contributed by atoms with Gasteiger partial charge in [0.05, 0.1) is 41.7 Å². The molecular weight excluding hydrogens is 369 g/mol. The Bertz CT molecular complexity index is 1150. The van der Waals surface area contributed by atoms with Gasteiger partial charge in [0.2, 0.25) is 0 Å². The molecule has 1 aliphatic heterocycles. The van der Waals surface area contributed by atoms with Gasteiger partial charge in [0.25, 0.3) is 5.91 Å². The van der Waals surface area contributed by atoms with E-state index in [4.69, 9.17) is 15.5 Å². The summed E-state index contributed by atoms with van der Waals surface area (Å²) in [6, 6.07) is 10.4. The molecule has 0 atom stereocenters. The van der Waals surface area contributed by atoms with Gasteiger partial charge in [-0.3, -0.25) is 4.79 Å². The van der Waals surface area contributed by atoms with Crippen molar-refractivity contribution in [2.45, 2.75) is 32.4 Å². The van der Waals surface area contributed by atoms with Crippen LogP contribution in [0.1, 0.15) is 35.8 Å². The first kappa shape index (κ1) is 17.9. The number of amides is 1. The fourth-order valence-electron chi connectivity index (χ4n) is 4.64. The quantitative estimate of drug-likeness (QED) is 0.719. The number of ether oxygens (including phenoxy) is 1. The summed E-state index contributed by atoms with van der Waals surface area (Å²) >= 11 is 0. The molecule has 0 bridgehead atoms. The Labute approximate surface area is 168 Å². The summed E-state index contributed by atoms with van der Waals surface area (Å²) in [4.78, 5) is 19.7. The molecule has 2 heterocycles. The third-order valence-corrected chi connectivity index (χ3v) is 6.18. The largest absolute Gasteiger partial charge is 0.496 e. The van der Waals surface area contributed by atoms with Gasteiger partial charge in [0.15, 0.2) is 0 Å². The maximum absolute atomic E-state index is 14.7. The summed E-state index contributed by atoms with van der Waals surface area (Å²) in [5.41, 5.74) is 9.58. The number of halogens is 1. The fourth-order valence-corrected chi connectivity index (χ4v) is 4.64. The average Bonchev–Trinajstić information content (AvgIpc) is 3.01. The van der Waals surface area contributed by atoms with Crippen molar-refractivity contribution in [3.8, 4) is 16.9 Å². The van der Waals surface area contributed by atoms with E-state index in [9.17, 15) is 9.18 Å². The number of benzene rings is 2. The standard InChI is InChI=1S/C23H22FN3O2/c1-12-9-13(10-12)27-11-17-20(23(27)28)21(25)15-6-3-5-14(22(15)26-17)19-16(24)7-4-8-18(19)29-2/h3-8,12-13H,9-11H2,1-2H3,(H2,25,26). The summed E-state index contributed by atoms with van der Waals surface area (Å²) < 4.78 is 20.1. The summed E-state index contributed by atoms with van der Waals surface area (Å²) in [5.74, 6) is 0.636. The predicted molar refractivity (Wildman–Crippen MR) is 110 cm³/mol. The van der Waals surface area contributed by atoms with Crippen molar-refractivity contribution < 1.29 is 13.9 Å². The van der Waals surface area contributed by atoms with Crippen LogP contribution in [0.4, 0.5) is 10.1 Å². The molecule has 1 aliphatic carbocycles. The maximum atomic E-state index is 14.7. The molecular formula is C23H22FN3O2. The van der Waals surface area contributed by atoms with Gasteiger partial charge in [-0.2, -0.15) is 0 Å². The zero-order valence-electron chi connectivity index (χ0n) is 16.4. The number of hydrogen-bond acceptors (Lipinski definition) is 4. The van der Waals surface area contributed by atoms with Crippen LogP contribution < -0.4 is 10.5 Å². The van der Waals surface area contributed by atoms with E-state index in [0.29, 0.717) is 57.2 Å². The number of anilines is 1. The lowest BCUT2D eigenvalue weighted by molar-refractivity contribution is 0.0509. The molecule has 1 saturated carbocycles. The van der Waals surface area contributed by atoms with Gasteiger partial charge in [0.1, 0.15) is 11.6 Å². The van der Waals surface area contributed by atoms with Crippen LogP contribution in [0.25, 0.3) is 22.0 Å². The second-order valence-corrected chi connectivity index (χ2v) is 8.03. The van der Waals surface area contributed by atoms with Gasteiger partial charge in [-0.25, -0.2) is 9.37 Å². The first-order valence-corrected chi connectivity index (χ1v) is 9.84. The SMILES string of the molecule is COc1cccc(F)c1-c1cccc2c(N)c3c(nc12)CN(C1CC(C)C1)C3=O. The van der Waals surface area contributed by atoms with Gasteiger partial charge in [-0.15, -0.1) is 0 Å². The Kier molecular flexibility index (Phi) is 3.98. The molecule has 1 amide bonds. The molecule has 6 heteroatoms. The van der Waals surface area contributed by atoms with E-state index in [-0.39, 0.29) is 17.8 Å². The Hall–Kier alpha value is -3.15. The minimum atomic E-state index is -0.390. The molecule has 3 aromatic rings. The Morgan fingerprint density at radius 3 is 2.66 bits per heavy atom. The predicted octanol–water partition coefficient (Wildman–Crippen LogP) is 4.39. The highest BCUT2D eigenvalue weighted by Crippen LogP contribution is 2.42. The second kappa shape index (κ2) is 6.44. The third kappa shape index (κ3) is 2.58. The van der Waals surface area contributed by atoms with Crippen molar-refractivity contribution in [1.29, 1.82) is 0 Å². The van der Waals surface area contributed by atoms with Crippen molar-refractivity contribution in [3.63, 3.8) is 0 Å². The number of carbonyl (C=O) groups is 1. The molecule has 0 radical (unpaired) electrons. The van der Waals surface area contributed by atoms with Crippen LogP contribution in [-0.4, -0.2) is 28.9 Å².